The van der Waals surface area contributed by atoms with Gasteiger partial charge in [0.05, 0.1) is 0 Å². The number of unbranched alkanes of at least 4 members (excludes halogenated alkanes) is 1. The van der Waals surface area contributed by atoms with E-state index in [1.807, 2.05) is 0 Å². The molecule has 0 nitrogen and oxygen atoms in total. The van der Waals surface area contributed by atoms with Gasteiger partial charge in [-0.25, -0.2) is 0 Å². The van der Waals surface area contributed by atoms with Crippen LogP contribution in [0.4, 0.5) is 0 Å². The minimum Gasteiger partial charge on any atom is -0.0654 e. The number of fused-ring (bicyclic) bond motifs is 1. The van der Waals surface area contributed by atoms with Crippen molar-refractivity contribution in [3.63, 3.8) is 0 Å². The monoisotopic (exact) mass is 194 g/mol. The first-order chi connectivity index (χ1) is 6.64. The average Bonchev–Trinajstić information content (AvgIpc) is 2.18. The topological polar surface area (TPSA) is 0 Å². The van der Waals surface area contributed by atoms with Crippen LogP contribution in [0.1, 0.15) is 59.8 Å². The molecule has 2 aliphatic carbocycles. The third-order valence-corrected chi connectivity index (χ3v) is 5.35. The van der Waals surface area contributed by atoms with E-state index in [4.69, 9.17) is 0 Å². The molecule has 5 unspecified atom stereocenters. The molecule has 2 aliphatic rings. The largest absolute Gasteiger partial charge is 0.0654 e. The number of hydrogen-bond donors (Lipinski definition) is 0. The second-order valence-electron chi connectivity index (χ2n) is 6.08. The summed E-state index contributed by atoms with van der Waals surface area (Å²) in [5, 5.41) is 0. The minimum absolute atomic E-state index is 0.744. The maximum atomic E-state index is 2.55. The molecule has 0 aliphatic heterocycles. The van der Waals surface area contributed by atoms with Crippen LogP contribution in [0.3, 0.4) is 0 Å². The Bertz CT molecular complexity index is 204. The molecule has 0 N–H and O–H groups in total. The van der Waals surface area contributed by atoms with Crippen LogP contribution in [0.2, 0.25) is 0 Å². The van der Waals surface area contributed by atoms with E-state index in [1.54, 1.807) is 0 Å². The molecule has 2 fully saturated rings. The number of hydrogen-bond acceptors (Lipinski definition) is 0. The molecule has 0 saturated heterocycles. The van der Waals surface area contributed by atoms with Crippen LogP contribution >= 0.6 is 0 Å². The molecule has 0 spiro atoms. The molecular weight excluding hydrogens is 168 g/mol. The Kier molecular flexibility index (Phi) is 2.66. The summed E-state index contributed by atoms with van der Waals surface area (Å²) in [5.41, 5.74) is 0.744. The van der Waals surface area contributed by atoms with Gasteiger partial charge in [0.15, 0.2) is 0 Å². The van der Waals surface area contributed by atoms with Crippen molar-refractivity contribution in [2.45, 2.75) is 59.8 Å². The Morgan fingerprint density at radius 2 is 2.00 bits per heavy atom. The van der Waals surface area contributed by atoms with Crippen molar-refractivity contribution in [1.29, 1.82) is 0 Å². The fraction of sp³-hybridized carbons (Fsp3) is 1.00. The van der Waals surface area contributed by atoms with E-state index in [0.29, 0.717) is 0 Å². The van der Waals surface area contributed by atoms with Gasteiger partial charge in [-0.05, 0) is 41.9 Å². The molecule has 0 heteroatoms. The van der Waals surface area contributed by atoms with Gasteiger partial charge in [-0.15, -0.1) is 0 Å². The van der Waals surface area contributed by atoms with E-state index >= 15 is 0 Å². The van der Waals surface area contributed by atoms with Gasteiger partial charge < -0.3 is 0 Å². The first kappa shape index (κ1) is 10.5. The predicted molar refractivity (Wildman–Crippen MR) is 62.2 cm³/mol. The summed E-state index contributed by atoms with van der Waals surface area (Å²) in [6, 6.07) is 0. The van der Waals surface area contributed by atoms with Crippen LogP contribution < -0.4 is 0 Å². The summed E-state index contributed by atoms with van der Waals surface area (Å²) in [6.45, 7) is 9.74. The molecule has 0 aromatic rings. The summed E-state index contributed by atoms with van der Waals surface area (Å²) >= 11 is 0. The lowest BCUT2D eigenvalue weighted by Crippen LogP contribution is -2.62. The molecule has 14 heavy (non-hydrogen) atoms. The minimum atomic E-state index is 0.744. The van der Waals surface area contributed by atoms with Gasteiger partial charge >= 0.3 is 0 Å². The lowest BCUT2D eigenvalue weighted by Gasteiger charge is -2.69. The standard InChI is InChI=1S/C14H26/c1-5-7-8-14(4)9-12-10(3)11(6-2)13(12)14/h10-13H,5-9H2,1-4H3. The van der Waals surface area contributed by atoms with E-state index in [0.717, 1.165) is 29.1 Å². The summed E-state index contributed by atoms with van der Waals surface area (Å²) in [5.74, 6) is 4.33. The molecular formula is C14H26. The van der Waals surface area contributed by atoms with Crippen molar-refractivity contribution in [3.8, 4) is 0 Å². The fourth-order valence-electron chi connectivity index (χ4n) is 4.48. The first-order valence-corrected chi connectivity index (χ1v) is 6.64. The summed E-state index contributed by atoms with van der Waals surface area (Å²) in [4.78, 5) is 0. The summed E-state index contributed by atoms with van der Waals surface area (Å²) < 4.78 is 0. The molecule has 82 valence electrons. The molecule has 0 bridgehead atoms. The Hall–Kier alpha value is 0. The summed E-state index contributed by atoms with van der Waals surface area (Å²) in [6.07, 6.45) is 7.27. The summed E-state index contributed by atoms with van der Waals surface area (Å²) in [7, 11) is 0. The van der Waals surface area contributed by atoms with Gasteiger partial charge in [-0.2, -0.15) is 0 Å². The van der Waals surface area contributed by atoms with E-state index in [2.05, 4.69) is 27.7 Å². The Labute approximate surface area is 89.5 Å². The molecule has 2 saturated carbocycles. The highest BCUT2D eigenvalue weighted by molar-refractivity contribution is 5.11. The highest BCUT2D eigenvalue weighted by atomic mass is 14.7. The molecule has 0 amide bonds. The maximum Gasteiger partial charge on any atom is -0.0289 e. The van der Waals surface area contributed by atoms with Gasteiger partial charge in [-0.3, -0.25) is 0 Å². The zero-order valence-electron chi connectivity index (χ0n) is 10.3. The first-order valence-electron chi connectivity index (χ1n) is 6.64. The average molecular weight is 194 g/mol. The zero-order valence-corrected chi connectivity index (χ0v) is 10.3. The van der Waals surface area contributed by atoms with Crippen LogP contribution in [-0.4, -0.2) is 0 Å². The molecule has 5 atom stereocenters. The molecule has 0 radical (unpaired) electrons. The van der Waals surface area contributed by atoms with Gasteiger partial charge in [0.25, 0.3) is 0 Å². The second kappa shape index (κ2) is 3.54. The van der Waals surface area contributed by atoms with E-state index in [1.165, 1.54) is 32.1 Å². The van der Waals surface area contributed by atoms with Crippen LogP contribution in [0.5, 0.6) is 0 Å². The van der Waals surface area contributed by atoms with Crippen LogP contribution in [0, 0.1) is 29.1 Å². The van der Waals surface area contributed by atoms with Crippen molar-refractivity contribution < 1.29 is 0 Å². The Morgan fingerprint density at radius 3 is 2.57 bits per heavy atom. The highest BCUT2D eigenvalue weighted by Gasteiger charge is 2.62. The van der Waals surface area contributed by atoms with Gasteiger partial charge in [-0.1, -0.05) is 47.0 Å². The van der Waals surface area contributed by atoms with Crippen molar-refractivity contribution in [3.05, 3.63) is 0 Å². The third-order valence-electron chi connectivity index (χ3n) is 5.35. The lowest BCUT2D eigenvalue weighted by molar-refractivity contribution is -0.204. The van der Waals surface area contributed by atoms with Crippen LogP contribution in [-0.2, 0) is 0 Å². The van der Waals surface area contributed by atoms with Crippen molar-refractivity contribution in [2.75, 3.05) is 0 Å². The van der Waals surface area contributed by atoms with Crippen LogP contribution in [0.15, 0.2) is 0 Å². The van der Waals surface area contributed by atoms with E-state index < -0.39 is 0 Å². The molecule has 2 rings (SSSR count). The Morgan fingerprint density at radius 1 is 1.29 bits per heavy atom. The highest BCUT2D eigenvalue weighted by Crippen LogP contribution is 2.69. The smallest absolute Gasteiger partial charge is 0.0289 e. The SMILES string of the molecule is CCCCC1(C)CC2C(C)C(CC)C21. The lowest BCUT2D eigenvalue weighted by atomic mass is 9.36. The molecule has 0 aromatic carbocycles. The molecule has 0 heterocycles. The Balaban J connectivity index is 1.93. The predicted octanol–water partition coefficient (Wildman–Crippen LogP) is 4.49. The molecule has 0 aromatic heterocycles. The number of rotatable bonds is 4. The van der Waals surface area contributed by atoms with Crippen molar-refractivity contribution in [2.24, 2.45) is 29.1 Å². The van der Waals surface area contributed by atoms with Crippen molar-refractivity contribution >= 4 is 0 Å². The van der Waals surface area contributed by atoms with Gasteiger partial charge in [0.1, 0.15) is 0 Å². The van der Waals surface area contributed by atoms with Crippen LogP contribution in [0.25, 0.3) is 0 Å². The van der Waals surface area contributed by atoms with Gasteiger partial charge in [0, 0.05) is 0 Å². The van der Waals surface area contributed by atoms with E-state index in [-0.39, 0.29) is 0 Å². The fourth-order valence-corrected chi connectivity index (χ4v) is 4.48. The third kappa shape index (κ3) is 1.26. The zero-order chi connectivity index (χ0) is 10.3. The maximum absolute atomic E-state index is 2.55. The second-order valence-corrected chi connectivity index (χ2v) is 6.08. The van der Waals surface area contributed by atoms with E-state index in [9.17, 15) is 0 Å². The normalized spacial score (nSPS) is 50.6. The van der Waals surface area contributed by atoms with Crippen molar-refractivity contribution in [1.82, 2.24) is 0 Å². The quantitative estimate of drug-likeness (QED) is 0.618. The van der Waals surface area contributed by atoms with Gasteiger partial charge in [0.2, 0.25) is 0 Å².